The maximum absolute atomic E-state index is 12.7. The standard InChI is InChI=1S/C15H23FN2O/c1-2-3-4-10-17-11-9-15(19)18-12-13-5-7-14(16)8-6-13/h5-8,17H,2-4,9-12H2,1H3,(H,18,19). The molecule has 0 saturated heterocycles. The fourth-order valence-corrected chi connectivity index (χ4v) is 1.72. The summed E-state index contributed by atoms with van der Waals surface area (Å²) in [5.74, 6) is -0.237. The van der Waals surface area contributed by atoms with Crippen molar-refractivity contribution in [3.8, 4) is 0 Å². The molecule has 0 aliphatic carbocycles. The summed E-state index contributed by atoms with van der Waals surface area (Å²) in [5.41, 5.74) is 0.908. The Morgan fingerprint density at radius 1 is 1.16 bits per heavy atom. The monoisotopic (exact) mass is 266 g/mol. The molecular formula is C15H23FN2O. The highest BCUT2D eigenvalue weighted by atomic mass is 19.1. The molecule has 2 N–H and O–H groups in total. The van der Waals surface area contributed by atoms with Crippen molar-refractivity contribution in [3.05, 3.63) is 35.6 Å². The Morgan fingerprint density at radius 2 is 1.89 bits per heavy atom. The Kier molecular flexibility index (Phi) is 7.82. The lowest BCUT2D eigenvalue weighted by Gasteiger charge is -2.06. The van der Waals surface area contributed by atoms with Gasteiger partial charge in [0, 0.05) is 19.5 Å². The van der Waals surface area contributed by atoms with E-state index in [0.717, 1.165) is 18.5 Å². The summed E-state index contributed by atoms with van der Waals surface area (Å²) < 4.78 is 12.7. The van der Waals surface area contributed by atoms with Gasteiger partial charge in [0.05, 0.1) is 0 Å². The first-order valence-corrected chi connectivity index (χ1v) is 6.94. The minimum absolute atomic E-state index is 0.0207. The van der Waals surface area contributed by atoms with Crippen LogP contribution in [0.25, 0.3) is 0 Å². The topological polar surface area (TPSA) is 41.1 Å². The van der Waals surface area contributed by atoms with E-state index in [2.05, 4.69) is 17.6 Å². The molecule has 0 heterocycles. The maximum atomic E-state index is 12.7. The first kappa shape index (κ1) is 15.6. The molecule has 0 spiro atoms. The average molecular weight is 266 g/mol. The van der Waals surface area contributed by atoms with Crippen LogP contribution in [0, 0.1) is 5.82 Å². The van der Waals surface area contributed by atoms with Crippen LogP contribution >= 0.6 is 0 Å². The molecular weight excluding hydrogens is 243 g/mol. The zero-order chi connectivity index (χ0) is 13.9. The fourth-order valence-electron chi connectivity index (χ4n) is 1.72. The summed E-state index contributed by atoms with van der Waals surface area (Å²) in [7, 11) is 0. The number of halogens is 1. The molecule has 0 unspecified atom stereocenters. The second kappa shape index (κ2) is 9.50. The first-order chi connectivity index (χ1) is 9.22. The number of amides is 1. The number of carbonyl (C=O) groups is 1. The molecule has 0 aliphatic rings. The molecule has 1 rings (SSSR count). The quantitative estimate of drug-likeness (QED) is 0.675. The van der Waals surface area contributed by atoms with Crippen molar-refractivity contribution in [1.29, 1.82) is 0 Å². The van der Waals surface area contributed by atoms with Crippen LogP contribution < -0.4 is 10.6 Å². The molecule has 19 heavy (non-hydrogen) atoms. The lowest BCUT2D eigenvalue weighted by atomic mass is 10.2. The summed E-state index contributed by atoms with van der Waals surface area (Å²) in [5, 5.41) is 6.07. The van der Waals surface area contributed by atoms with Crippen molar-refractivity contribution in [1.82, 2.24) is 10.6 Å². The average Bonchev–Trinajstić information content (AvgIpc) is 2.42. The number of hydrogen-bond acceptors (Lipinski definition) is 2. The Morgan fingerprint density at radius 3 is 2.58 bits per heavy atom. The molecule has 0 fully saturated rings. The Labute approximate surface area is 114 Å². The summed E-state index contributed by atoms with van der Waals surface area (Å²) in [4.78, 5) is 11.5. The van der Waals surface area contributed by atoms with Crippen molar-refractivity contribution in [3.63, 3.8) is 0 Å². The van der Waals surface area contributed by atoms with Gasteiger partial charge in [0.2, 0.25) is 5.91 Å². The van der Waals surface area contributed by atoms with Gasteiger partial charge in [-0.2, -0.15) is 0 Å². The molecule has 1 aromatic carbocycles. The third-order valence-electron chi connectivity index (χ3n) is 2.89. The van der Waals surface area contributed by atoms with Crippen LogP contribution in [0.2, 0.25) is 0 Å². The van der Waals surface area contributed by atoms with Crippen molar-refractivity contribution in [2.24, 2.45) is 0 Å². The van der Waals surface area contributed by atoms with Crippen LogP contribution in [0.5, 0.6) is 0 Å². The molecule has 0 bridgehead atoms. The molecule has 1 aromatic rings. The number of unbranched alkanes of at least 4 members (excludes halogenated alkanes) is 2. The van der Waals surface area contributed by atoms with Crippen molar-refractivity contribution in [2.45, 2.75) is 39.2 Å². The van der Waals surface area contributed by atoms with Gasteiger partial charge in [0.1, 0.15) is 5.82 Å². The summed E-state index contributed by atoms with van der Waals surface area (Å²) in [6, 6.07) is 6.16. The summed E-state index contributed by atoms with van der Waals surface area (Å²) in [6.45, 7) is 4.30. The van der Waals surface area contributed by atoms with Gasteiger partial charge in [0.25, 0.3) is 0 Å². The number of hydrogen-bond donors (Lipinski definition) is 2. The zero-order valence-electron chi connectivity index (χ0n) is 11.5. The van der Waals surface area contributed by atoms with Gasteiger partial charge in [-0.1, -0.05) is 31.9 Å². The summed E-state index contributed by atoms with van der Waals surface area (Å²) in [6.07, 6.45) is 4.07. The first-order valence-electron chi connectivity index (χ1n) is 6.94. The molecule has 0 aromatic heterocycles. The molecule has 0 radical (unpaired) electrons. The number of rotatable bonds is 9. The van der Waals surface area contributed by atoms with Crippen LogP contribution in [-0.4, -0.2) is 19.0 Å². The van der Waals surface area contributed by atoms with E-state index < -0.39 is 0 Å². The number of benzene rings is 1. The summed E-state index contributed by atoms with van der Waals surface area (Å²) >= 11 is 0. The Hall–Kier alpha value is -1.42. The van der Waals surface area contributed by atoms with Crippen molar-refractivity contribution < 1.29 is 9.18 Å². The van der Waals surface area contributed by atoms with Crippen molar-refractivity contribution in [2.75, 3.05) is 13.1 Å². The third-order valence-corrected chi connectivity index (χ3v) is 2.89. The lowest BCUT2D eigenvalue weighted by Crippen LogP contribution is -2.27. The lowest BCUT2D eigenvalue weighted by molar-refractivity contribution is -0.121. The highest BCUT2D eigenvalue weighted by Crippen LogP contribution is 2.02. The van der Waals surface area contributed by atoms with E-state index in [-0.39, 0.29) is 11.7 Å². The second-order valence-corrected chi connectivity index (χ2v) is 4.61. The van der Waals surface area contributed by atoms with Gasteiger partial charge >= 0.3 is 0 Å². The maximum Gasteiger partial charge on any atom is 0.221 e. The fraction of sp³-hybridized carbons (Fsp3) is 0.533. The van der Waals surface area contributed by atoms with E-state index in [1.165, 1.54) is 25.0 Å². The zero-order valence-corrected chi connectivity index (χ0v) is 11.5. The van der Waals surface area contributed by atoms with E-state index in [4.69, 9.17) is 0 Å². The van der Waals surface area contributed by atoms with Crippen LogP contribution in [0.3, 0.4) is 0 Å². The van der Waals surface area contributed by atoms with Gasteiger partial charge in [-0.25, -0.2) is 4.39 Å². The highest BCUT2D eigenvalue weighted by Gasteiger charge is 2.01. The van der Waals surface area contributed by atoms with Gasteiger partial charge in [-0.15, -0.1) is 0 Å². The molecule has 1 amide bonds. The van der Waals surface area contributed by atoms with Crippen LogP contribution in [0.15, 0.2) is 24.3 Å². The van der Waals surface area contributed by atoms with E-state index in [1.807, 2.05) is 0 Å². The van der Waals surface area contributed by atoms with E-state index in [0.29, 0.717) is 19.5 Å². The largest absolute Gasteiger partial charge is 0.352 e. The van der Waals surface area contributed by atoms with Gasteiger partial charge < -0.3 is 10.6 Å². The Balaban J connectivity index is 2.06. The SMILES string of the molecule is CCCCCNCCC(=O)NCc1ccc(F)cc1. The van der Waals surface area contributed by atoms with E-state index in [9.17, 15) is 9.18 Å². The van der Waals surface area contributed by atoms with E-state index in [1.54, 1.807) is 12.1 Å². The third kappa shape index (κ3) is 7.57. The number of nitrogens with one attached hydrogen (secondary N) is 2. The van der Waals surface area contributed by atoms with Gasteiger partial charge in [0.15, 0.2) is 0 Å². The molecule has 0 atom stereocenters. The van der Waals surface area contributed by atoms with Crippen molar-refractivity contribution >= 4 is 5.91 Å². The smallest absolute Gasteiger partial charge is 0.221 e. The molecule has 3 nitrogen and oxygen atoms in total. The second-order valence-electron chi connectivity index (χ2n) is 4.61. The predicted octanol–water partition coefficient (Wildman–Crippen LogP) is 2.61. The minimum atomic E-state index is -0.258. The van der Waals surface area contributed by atoms with Crippen LogP contribution in [0.1, 0.15) is 38.2 Å². The molecule has 0 saturated carbocycles. The predicted molar refractivity (Wildman–Crippen MR) is 75.3 cm³/mol. The van der Waals surface area contributed by atoms with Gasteiger partial charge in [-0.3, -0.25) is 4.79 Å². The molecule has 106 valence electrons. The van der Waals surface area contributed by atoms with Gasteiger partial charge in [-0.05, 0) is 30.7 Å². The molecule has 4 heteroatoms. The highest BCUT2D eigenvalue weighted by molar-refractivity contribution is 5.76. The normalized spacial score (nSPS) is 10.4. The minimum Gasteiger partial charge on any atom is -0.352 e. The Bertz CT molecular complexity index is 365. The van der Waals surface area contributed by atoms with E-state index >= 15 is 0 Å². The molecule has 0 aliphatic heterocycles. The van der Waals surface area contributed by atoms with Crippen LogP contribution in [0.4, 0.5) is 4.39 Å². The van der Waals surface area contributed by atoms with Crippen LogP contribution in [-0.2, 0) is 11.3 Å². The number of carbonyl (C=O) groups excluding carboxylic acids is 1.